The first-order valence-electron chi connectivity index (χ1n) is 5.64. The highest BCUT2D eigenvalue weighted by atomic mass is 16.1. The lowest BCUT2D eigenvalue weighted by Gasteiger charge is -2.50. The number of isocyanates is 1. The molecule has 0 atom stereocenters. The van der Waals surface area contributed by atoms with E-state index in [1.807, 2.05) is 12.1 Å². The third-order valence-corrected chi connectivity index (χ3v) is 3.45. The molecular weight excluding hydrogens is 198 g/mol. The number of aliphatic imine (C=N–C) groups is 1. The second kappa shape index (κ2) is 3.57. The topological polar surface area (TPSA) is 29.4 Å². The van der Waals surface area contributed by atoms with E-state index in [0.717, 1.165) is 12.8 Å². The second-order valence-corrected chi connectivity index (χ2v) is 5.57. The minimum absolute atomic E-state index is 0.280. The van der Waals surface area contributed by atoms with E-state index in [1.54, 1.807) is 6.08 Å². The highest BCUT2D eigenvalue weighted by Crippen LogP contribution is 2.56. The number of rotatable bonds is 2. The van der Waals surface area contributed by atoms with Crippen molar-refractivity contribution in [3.05, 3.63) is 35.4 Å². The summed E-state index contributed by atoms with van der Waals surface area (Å²) in [6.45, 7) is 6.50. The van der Waals surface area contributed by atoms with Crippen LogP contribution in [0, 0.1) is 12.3 Å². The van der Waals surface area contributed by atoms with Crippen molar-refractivity contribution in [2.24, 2.45) is 10.4 Å². The fourth-order valence-corrected chi connectivity index (χ4v) is 3.04. The quantitative estimate of drug-likeness (QED) is 0.549. The minimum Gasteiger partial charge on any atom is -0.211 e. The molecule has 2 heteroatoms. The first kappa shape index (κ1) is 11.1. The normalized spacial score (nSPS) is 20.7. The van der Waals surface area contributed by atoms with Gasteiger partial charge in [0.15, 0.2) is 0 Å². The standard InChI is InChI=1S/C14H17NO/c1-11-6-4-5-7-12(11)14(15-10-16)8-13(2,3)9-14/h4-7H,8-9H2,1-3H3. The van der Waals surface area contributed by atoms with Crippen molar-refractivity contribution in [2.45, 2.75) is 39.2 Å². The maximum Gasteiger partial charge on any atom is 0.235 e. The van der Waals surface area contributed by atoms with Crippen molar-refractivity contribution < 1.29 is 4.79 Å². The molecule has 0 unspecified atom stereocenters. The fraction of sp³-hybridized carbons (Fsp3) is 0.500. The summed E-state index contributed by atoms with van der Waals surface area (Å²) < 4.78 is 0. The minimum atomic E-state index is -0.309. The predicted molar refractivity (Wildman–Crippen MR) is 64.0 cm³/mol. The lowest BCUT2D eigenvalue weighted by atomic mass is 9.56. The van der Waals surface area contributed by atoms with Crippen molar-refractivity contribution in [3.8, 4) is 0 Å². The molecule has 1 aliphatic rings. The van der Waals surface area contributed by atoms with E-state index in [4.69, 9.17) is 0 Å². The molecule has 0 aromatic heterocycles. The van der Waals surface area contributed by atoms with Crippen LogP contribution in [-0.4, -0.2) is 6.08 Å². The average Bonchev–Trinajstić information content (AvgIpc) is 2.15. The molecule has 16 heavy (non-hydrogen) atoms. The summed E-state index contributed by atoms with van der Waals surface area (Å²) >= 11 is 0. The van der Waals surface area contributed by atoms with Gasteiger partial charge in [-0.15, -0.1) is 0 Å². The van der Waals surface area contributed by atoms with Gasteiger partial charge in [-0.25, -0.2) is 4.79 Å². The van der Waals surface area contributed by atoms with E-state index in [1.165, 1.54) is 11.1 Å². The first-order chi connectivity index (χ1) is 7.49. The summed E-state index contributed by atoms with van der Waals surface area (Å²) in [6.07, 6.45) is 3.61. The molecule has 0 saturated heterocycles. The Hall–Kier alpha value is -1.40. The molecule has 1 fully saturated rings. The molecule has 0 N–H and O–H groups in total. The van der Waals surface area contributed by atoms with Crippen LogP contribution in [0.1, 0.15) is 37.8 Å². The SMILES string of the molecule is Cc1ccccc1C1(N=C=O)CC(C)(C)C1. The molecule has 84 valence electrons. The highest BCUT2D eigenvalue weighted by molar-refractivity contribution is 5.43. The third kappa shape index (κ3) is 1.70. The van der Waals surface area contributed by atoms with Crippen molar-refractivity contribution >= 4 is 6.08 Å². The van der Waals surface area contributed by atoms with Gasteiger partial charge in [-0.2, -0.15) is 4.99 Å². The van der Waals surface area contributed by atoms with Crippen LogP contribution in [0.2, 0.25) is 0 Å². The van der Waals surface area contributed by atoms with Crippen molar-refractivity contribution in [2.75, 3.05) is 0 Å². The zero-order chi connectivity index (χ0) is 11.8. The van der Waals surface area contributed by atoms with Crippen LogP contribution in [0.3, 0.4) is 0 Å². The molecule has 0 bridgehead atoms. The summed E-state index contributed by atoms with van der Waals surface area (Å²) in [4.78, 5) is 14.7. The Morgan fingerprint density at radius 1 is 1.25 bits per heavy atom. The predicted octanol–water partition coefficient (Wildman–Crippen LogP) is 3.35. The Balaban J connectivity index is 2.44. The maximum atomic E-state index is 10.6. The zero-order valence-corrected chi connectivity index (χ0v) is 10.1. The van der Waals surface area contributed by atoms with Crippen LogP contribution in [-0.2, 0) is 10.3 Å². The number of carbonyl (C=O) groups excluding carboxylic acids is 1. The van der Waals surface area contributed by atoms with Gasteiger partial charge in [0.2, 0.25) is 6.08 Å². The molecule has 1 aromatic rings. The van der Waals surface area contributed by atoms with Crippen molar-refractivity contribution in [1.82, 2.24) is 0 Å². The number of hydrogen-bond donors (Lipinski definition) is 0. The Kier molecular flexibility index (Phi) is 2.47. The molecule has 0 spiro atoms. The number of nitrogens with zero attached hydrogens (tertiary/aromatic N) is 1. The molecule has 0 radical (unpaired) electrons. The molecule has 2 rings (SSSR count). The number of benzene rings is 1. The monoisotopic (exact) mass is 215 g/mol. The lowest BCUT2D eigenvalue weighted by molar-refractivity contribution is 0.0634. The van der Waals surface area contributed by atoms with Crippen LogP contribution in [0.4, 0.5) is 0 Å². The van der Waals surface area contributed by atoms with Gasteiger partial charge in [0.1, 0.15) is 0 Å². The van der Waals surface area contributed by atoms with E-state index in [0.29, 0.717) is 0 Å². The molecular formula is C14H17NO. The highest BCUT2D eigenvalue weighted by Gasteiger charge is 2.51. The average molecular weight is 215 g/mol. The number of hydrogen-bond acceptors (Lipinski definition) is 2. The van der Waals surface area contributed by atoms with Gasteiger partial charge in [-0.05, 0) is 36.3 Å². The van der Waals surface area contributed by atoms with E-state index in [-0.39, 0.29) is 11.0 Å². The van der Waals surface area contributed by atoms with Crippen LogP contribution in [0.25, 0.3) is 0 Å². The largest absolute Gasteiger partial charge is 0.235 e. The Labute approximate surface area is 96.4 Å². The Morgan fingerprint density at radius 2 is 1.88 bits per heavy atom. The Morgan fingerprint density at radius 3 is 2.38 bits per heavy atom. The molecule has 0 heterocycles. The summed E-state index contributed by atoms with van der Waals surface area (Å²) in [5, 5.41) is 0. The smallest absolute Gasteiger partial charge is 0.211 e. The van der Waals surface area contributed by atoms with E-state index in [9.17, 15) is 4.79 Å². The van der Waals surface area contributed by atoms with E-state index in [2.05, 4.69) is 37.9 Å². The van der Waals surface area contributed by atoms with Crippen molar-refractivity contribution in [1.29, 1.82) is 0 Å². The Bertz CT molecular complexity index is 448. The van der Waals surface area contributed by atoms with Gasteiger partial charge in [0.25, 0.3) is 0 Å². The molecule has 0 amide bonds. The second-order valence-electron chi connectivity index (χ2n) is 5.57. The molecule has 1 aliphatic carbocycles. The molecule has 1 saturated carbocycles. The van der Waals surface area contributed by atoms with E-state index < -0.39 is 0 Å². The van der Waals surface area contributed by atoms with Crippen LogP contribution in [0.5, 0.6) is 0 Å². The van der Waals surface area contributed by atoms with Gasteiger partial charge in [0.05, 0.1) is 5.54 Å². The van der Waals surface area contributed by atoms with Gasteiger partial charge in [-0.3, -0.25) is 0 Å². The van der Waals surface area contributed by atoms with Crippen LogP contribution >= 0.6 is 0 Å². The first-order valence-corrected chi connectivity index (χ1v) is 5.64. The summed E-state index contributed by atoms with van der Waals surface area (Å²) in [5.41, 5.74) is 2.36. The summed E-state index contributed by atoms with van der Waals surface area (Å²) in [7, 11) is 0. The number of aryl methyl sites for hydroxylation is 1. The maximum absolute atomic E-state index is 10.6. The van der Waals surface area contributed by atoms with Crippen molar-refractivity contribution in [3.63, 3.8) is 0 Å². The van der Waals surface area contributed by atoms with Gasteiger partial charge < -0.3 is 0 Å². The lowest BCUT2D eigenvalue weighted by Crippen LogP contribution is -2.45. The molecule has 0 aliphatic heterocycles. The van der Waals surface area contributed by atoms with Gasteiger partial charge >= 0.3 is 0 Å². The van der Waals surface area contributed by atoms with Crippen LogP contribution < -0.4 is 0 Å². The van der Waals surface area contributed by atoms with E-state index >= 15 is 0 Å². The third-order valence-electron chi connectivity index (χ3n) is 3.45. The van der Waals surface area contributed by atoms with Gasteiger partial charge in [0, 0.05) is 0 Å². The fourth-order valence-electron chi connectivity index (χ4n) is 3.04. The molecule has 2 nitrogen and oxygen atoms in total. The zero-order valence-electron chi connectivity index (χ0n) is 10.1. The summed E-state index contributed by atoms with van der Waals surface area (Å²) in [5.74, 6) is 0. The van der Waals surface area contributed by atoms with Crippen LogP contribution in [0.15, 0.2) is 29.3 Å². The van der Waals surface area contributed by atoms with Gasteiger partial charge in [-0.1, -0.05) is 38.1 Å². The molecule has 1 aromatic carbocycles. The summed E-state index contributed by atoms with van der Waals surface area (Å²) in [6, 6.07) is 8.17.